The van der Waals surface area contributed by atoms with E-state index in [1.165, 1.54) is 35.6 Å². The highest BCUT2D eigenvalue weighted by Gasteiger charge is 2.13. The van der Waals surface area contributed by atoms with Gasteiger partial charge in [-0.15, -0.1) is 11.3 Å². The number of hydrazine groups is 1. The van der Waals surface area contributed by atoms with Gasteiger partial charge in [-0.05, 0) is 50.1 Å². The number of carbonyl (C=O) groups is 2. The Bertz CT molecular complexity index is 759. The van der Waals surface area contributed by atoms with Crippen LogP contribution in [0.5, 0.6) is 5.75 Å². The van der Waals surface area contributed by atoms with Crippen LogP contribution < -0.4 is 15.6 Å². The molecule has 24 heavy (non-hydrogen) atoms. The molecular formula is C13H9Br2N3O5S. The van der Waals surface area contributed by atoms with E-state index < -0.39 is 16.7 Å². The van der Waals surface area contributed by atoms with Crippen LogP contribution in [0.25, 0.3) is 0 Å². The van der Waals surface area contributed by atoms with Crippen LogP contribution in [0.1, 0.15) is 9.67 Å². The van der Waals surface area contributed by atoms with E-state index in [4.69, 9.17) is 4.74 Å². The number of nitro groups is 1. The fourth-order valence-corrected chi connectivity index (χ4v) is 3.43. The summed E-state index contributed by atoms with van der Waals surface area (Å²) in [5.41, 5.74) is 4.40. The Balaban J connectivity index is 1.78. The third kappa shape index (κ3) is 5.01. The minimum absolute atomic E-state index is 0.0765. The van der Waals surface area contributed by atoms with E-state index in [-0.39, 0.29) is 12.3 Å². The molecule has 0 bridgehead atoms. The first-order valence-corrected chi connectivity index (χ1v) is 8.68. The van der Waals surface area contributed by atoms with Crippen molar-refractivity contribution in [1.29, 1.82) is 0 Å². The molecule has 0 saturated heterocycles. The molecule has 2 amide bonds. The fraction of sp³-hybridized carbons (Fsp3) is 0.0769. The lowest BCUT2D eigenvalue weighted by molar-refractivity contribution is -0.384. The molecule has 11 heteroatoms. The van der Waals surface area contributed by atoms with Gasteiger partial charge in [-0.2, -0.15) is 0 Å². The smallest absolute Gasteiger partial charge is 0.279 e. The molecule has 2 aromatic rings. The molecule has 0 aliphatic rings. The minimum atomic E-state index is -0.573. The van der Waals surface area contributed by atoms with Gasteiger partial charge in [0.05, 0.1) is 13.6 Å². The van der Waals surface area contributed by atoms with Crippen molar-refractivity contribution in [3.8, 4) is 5.75 Å². The van der Waals surface area contributed by atoms with Crippen LogP contribution in [-0.2, 0) is 4.79 Å². The molecule has 2 N–H and O–H groups in total. The number of rotatable bonds is 5. The number of ether oxygens (including phenoxy) is 1. The van der Waals surface area contributed by atoms with Gasteiger partial charge in [0.15, 0.2) is 6.61 Å². The van der Waals surface area contributed by atoms with Gasteiger partial charge in [-0.1, -0.05) is 0 Å². The standard InChI is InChI=1S/C13H9Br2N3O5S/c14-9-5-10(24-12(9)15)13(20)17-16-11(19)6-23-8-3-1-7(2-4-8)18(21)22/h1-5H,6H2,(H,16,19)(H,17,20). The molecule has 1 heterocycles. The number of nitro benzene ring substituents is 1. The van der Waals surface area contributed by atoms with Gasteiger partial charge < -0.3 is 4.74 Å². The van der Waals surface area contributed by atoms with Crippen LogP contribution in [0.3, 0.4) is 0 Å². The predicted molar refractivity (Wildman–Crippen MR) is 93.9 cm³/mol. The monoisotopic (exact) mass is 477 g/mol. The topological polar surface area (TPSA) is 111 Å². The molecule has 1 aromatic carbocycles. The summed E-state index contributed by atoms with van der Waals surface area (Å²) in [5.74, 6) is -0.736. The molecule has 0 radical (unpaired) electrons. The van der Waals surface area contributed by atoms with E-state index in [0.717, 1.165) is 8.26 Å². The van der Waals surface area contributed by atoms with Crippen molar-refractivity contribution in [1.82, 2.24) is 10.9 Å². The summed E-state index contributed by atoms with van der Waals surface area (Å²) in [4.78, 5) is 33.8. The van der Waals surface area contributed by atoms with Crippen molar-refractivity contribution in [3.05, 3.63) is 53.6 Å². The second-order valence-electron chi connectivity index (χ2n) is 4.27. The first-order valence-electron chi connectivity index (χ1n) is 6.28. The van der Waals surface area contributed by atoms with Gasteiger partial charge in [-0.25, -0.2) is 0 Å². The van der Waals surface area contributed by atoms with E-state index in [1.807, 2.05) is 0 Å². The Hall–Kier alpha value is -1.98. The number of amides is 2. The number of nitrogens with one attached hydrogen (secondary N) is 2. The minimum Gasteiger partial charge on any atom is -0.484 e. The zero-order chi connectivity index (χ0) is 17.7. The highest BCUT2D eigenvalue weighted by atomic mass is 79.9. The summed E-state index contributed by atoms with van der Waals surface area (Å²) in [6, 6.07) is 6.90. The number of nitrogens with zero attached hydrogens (tertiary/aromatic N) is 1. The molecule has 0 spiro atoms. The molecule has 0 aliphatic carbocycles. The van der Waals surface area contributed by atoms with Crippen LogP contribution in [0.4, 0.5) is 5.69 Å². The number of halogens is 2. The number of hydrogen-bond donors (Lipinski definition) is 2. The number of benzene rings is 1. The van der Waals surface area contributed by atoms with Gasteiger partial charge in [0.1, 0.15) is 5.75 Å². The summed E-state index contributed by atoms with van der Waals surface area (Å²) >= 11 is 7.74. The Kier molecular flexibility index (Phi) is 6.29. The van der Waals surface area contributed by atoms with Crippen molar-refractivity contribution in [2.75, 3.05) is 6.61 Å². The lowest BCUT2D eigenvalue weighted by Gasteiger charge is -2.08. The molecule has 0 saturated carbocycles. The van der Waals surface area contributed by atoms with Crippen LogP contribution in [0, 0.1) is 10.1 Å². The summed E-state index contributed by atoms with van der Waals surface area (Å²) in [7, 11) is 0. The molecule has 2 rings (SSSR count). The Morgan fingerprint density at radius 2 is 1.88 bits per heavy atom. The van der Waals surface area contributed by atoms with Crippen LogP contribution in [-0.4, -0.2) is 23.3 Å². The SMILES string of the molecule is O=C(COc1ccc([N+](=O)[O-])cc1)NNC(=O)c1cc(Br)c(Br)s1. The van der Waals surface area contributed by atoms with E-state index in [0.29, 0.717) is 10.6 Å². The number of thiophene rings is 1. The number of non-ortho nitro benzene ring substituents is 1. The zero-order valence-electron chi connectivity index (χ0n) is 11.7. The van der Waals surface area contributed by atoms with E-state index in [9.17, 15) is 19.7 Å². The molecule has 0 fully saturated rings. The molecule has 0 aliphatic heterocycles. The normalized spacial score (nSPS) is 10.1. The molecule has 126 valence electrons. The van der Waals surface area contributed by atoms with E-state index in [2.05, 4.69) is 42.7 Å². The maximum Gasteiger partial charge on any atom is 0.279 e. The van der Waals surface area contributed by atoms with Gasteiger partial charge in [0, 0.05) is 16.6 Å². The Labute approximate surface area is 156 Å². The van der Waals surface area contributed by atoms with Crippen LogP contribution in [0.15, 0.2) is 38.6 Å². The van der Waals surface area contributed by atoms with E-state index >= 15 is 0 Å². The average Bonchev–Trinajstić information content (AvgIpc) is 2.90. The van der Waals surface area contributed by atoms with Gasteiger partial charge in [-0.3, -0.25) is 30.6 Å². The van der Waals surface area contributed by atoms with Crippen LogP contribution in [0.2, 0.25) is 0 Å². The van der Waals surface area contributed by atoms with Gasteiger partial charge in [0.25, 0.3) is 17.5 Å². The molecule has 1 aromatic heterocycles. The second-order valence-corrected chi connectivity index (χ2v) is 7.50. The van der Waals surface area contributed by atoms with E-state index in [1.54, 1.807) is 6.07 Å². The summed E-state index contributed by atoms with van der Waals surface area (Å²) in [5, 5.41) is 10.5. The lowest BCUT2D eigenvalue weighted by atomic mass is 10.3. The van der Waals surface area contributed by atoms with Crippen molar-refractivity contribution < 1.29 is 19.2 Å². The lowest BCUT2D eigenvalue weighted by Crippen LogP contribution is -2.43. The molecular weight excluding hydrogens is 470 g/mol. The number of carbonyl (C=O) groups excluding carboxylic acids is 2. The molecule has 0 atom stereocenters. The van der Waals surface area contributed by atoms with Crippen molar-refractivity contribution in [3.63, 3.8) is 0 Å². The molecule has 0 unspecified atom stereocenters. The van der Waals surface area contributed by atoms with Crippen molar-refractivity contribution in [2.24, 2.45) is 0 Å². The van der Waals surface area contributed by atoms with Crippen molar-refractivity contribution in [2.45, 2.75) is 0 Å². The summed E-state index contributed by atoms with van der Waals surface area (Å²) < 4.78 is 6.67. The Morgan fingerprint density at radius 3 is 2.42 bits per heavy atom. The third-order valence-corrected chi connectivity index (χ3v) is 5.86. The second kappa shape index (κ2) is 8.22. The molecule has 8 nitrogen and oxygen atoms in total. The largest absolute Gasteiger partial charge is 0.484 e. The van der Waals surface area contributed by atoms with Gasteiger partial charge >= 0.3 is 0 Å². The quantitative estimate of drug-likeness (QED) is 0.506. The third-order valence-electron chi connectivity index (χ3n) is 2.60. The fourth-order valence-electron chi connectivity index (χ4n) is 1.50. The van der Waals surface area contributed by atoms with Crippen LogP contribution >= 0.6 is 43.2 Å². The highest BCUT2D eigenvalue weighted by molar-refractivity contribution is 9.13. The summed E-state index contributed by atoms with van der Waals surface area (Å²) in [6.45, 7) is -0.351. The van der Waals surface area contributed by atoms with Crippen molar-refractivity contribution >= 4 is 60.7 Å². The maximum absolute atomic E-state index is 11.8. The first kappa shape index (κ1) is 18.4. The highest BCUT2D eigenvalue weighted by Crippen LogP contribution is 2.32. The maximum atomic E-state index is 11.8. The number of hydrogen-bond acceptors (Lipinski definition) is 6. The van der Waals surface area contributed by atoms with Gasteiger partial charge in [0.2, 0.25) is 0 Å². The first-order chi connectivity index (χ1) is 11.4. The predicted octanol–water partition coefficient (Wildman–Crippen LogP) is 3.02. The zero-order valence-corrected chi connectivity index (χ0v) is 15.7. The summed E-state index contributed by atoms with van der Waals surface area (Å²) in [6.07, 6.45) is 0. The average molecular weight is 479 g/mol. The Morgan fingerprint density at radius 1 is 1.21 bits per heavy atom.